The molecule has 0 bridgehead atoms. The third-order valence-electron chi connectivity index (χ3n) is 5.04. The fourth-order valence-corrected chi connectivity index (χ4v) is 4.03. The summed E-state index contributed by atoms with van der Waals surface area (Å²) < 4.78 is 40.7. The Morgan fingerprint density at radius 1 is 0.844 bits per heavy atom. The molecule has 7 heteroatoms. The molecule has 0 fully saturated rings. The van der Waals surface area contributed by atoms with E-state index in [4.69, 9.17) is 18.9 Å². The van der Waals surface area contributed by atoms with Crippen LogP contribution in [0.4, 0.5) is 0 Å². The van der Waals surface area contributed by atoms with Gasteiger partial charge >= 0.3 is 0 Å². The van der Waals surface area contributed by atoms with E-state index in [1.165, 1.54) is 6.26 Å². The van der Waals surface area contributed by atoms with Crippen LogP contribution in [-0.4, -0.2) is 33.9 Å². The molecule has 0 spiro atoms. The molecule has 6 nitrogen and oxygen atoms in total. The summed E-state index contributed by atoms with van der Waals surface area (Å²) in [6, 6.07) is 22.0. The summed E-state index contributed by atoms with van der Waals surface area (Å²) in [4.78, 5) is 5.01. The summed E-state index contributed by atoms with van der Waals surface area (Å²) in [5.74, 6) is 2.35. The topological polar surface area (TPSA) is 78.6 Å². The minimum Gasteiger partial charge on any atom is -0.497 e. The number of methoxy groups -OCH3 is 2. The summed E-state index contributed by atoms with van der Waals surface area (Å²) >= 11 is 0. The smallest absolute Gasteiger partial charge is 0.199 e. The highest BCUT2D eigenvalue weighted by Crippen LogP contribution is 2.37. The predicted molar refractivity (Wildman–Crippen MR) is 123 cm³/mol. The maximum absolute atomic E-state index is 11.9. The van der Waals surface area contributed by atoms with Crippen LogP contribution in [0.15, 0.2) is 82.1 Å². The highest BCUT2D eigenvalue weighted by atomic mass is 32.2. The number of oxazole rings is 1. The molecule has 0 aliphatic heterocycles. The van der Waals surface area contributed by atoms with Crippen molar-refractivity contribution in [1.29, 1.82) is 0 Å². The second-order valence-electron chi connectivity index (χ2n) is 7.35. The summed E-state index contributed by atoms with van der Waals surface area (Å²) in [7, 11) is -0.119. The molecule has 0 saturated heterocycles. The zero-order valence-electron chi connectivity index (χ0n) is 18.0. The molecule has 0 aliphatic carbocycles. The van der Waals surface area contributed by atoms with Gasteiger partial charge in [0.1, 0.15) is 17.2 Å². The van der Waals surface area contributed by atoms with E-state index >= 15 is 0 Å². The molecule has 3 aromatic carbocycles. The molecule has 1 heterocycles. The van der Waals surface area contributed by atoms with Gasteiger partial charge in [0.05, 0.1) is 19.1 Å². The van der Waals surface area contributed by atoms with Crippen LogP contribution in [0.3, 0.4) is 0 Å². The van der Waals surface area contributed by atoms with Gasteiger partial charge < -0.3 is 13.9 Å². The highest BCUT2D eigenvalue weighted by molar-refractivity contribution is 7.90. The monoisotopic (exact) mass is 449 g/mol. The fourth-order valence-electron chi connectivity index (χ4n) is 3.40. The molecule has 0 amide bonds. The van der Waals surface area contributed by atoms with Crippen LogP contribution in [-0.2, 0) is 16.3 Å². The van der Waals surface area contributed by atoms with Gasteiger partial charge in [0.2, 0.25) is 0 Å². The summed E-state index contributed by atoms with van der Waals surface area (Å²) in [6.07, 6.45) is 1.71. The average molecular weight is 450 g/mol. The number of benzene rings is 3. The van der Waals surface area contributed by atoms with E-state index < -0.39 is 9.84 Å². The Hall–Kier alpha value is -3.58. The van der Waals surface area contributed by atoms with Crippen molar-refractivity contribution in [2.75, 3.05) is 20.5 Å². The van der Waals surface area contributed by atoms with Gasteiger partial charge in [0.25, 0.3) is 0 Å². The van der Waals surface area contributed by atoms with Crippen LogP contribution < -0.4 is 9.47 Å². The molecule has 0 atom stereocenters. The maximum Gasteiger partial charge on any atom is 0.199 e. The van der Waals surface area contributed by atoms with Crippen molar-refractivity contribution in [3.63, 3.8) is 0 Å². The van der Waals surface area contributed by atoms with E-state index in [2.05, 4.69) is 0 Å². The molecule has 0 saturated carbocycles. The molecule has 0 unspecified atom stereocenters. The first-order valence-electron chi connectivity index (χ1n) is 9.95. The van der Waals surface area contributed by atoms with Crippen LogP contribution in [0, 0.1) is 0 Å². The van der Waals surface area contributed by atoms with Crippen molar-refractivity contribution in [3.05, 3.63) is 84.3 Å². The first kappa shape index (κ1) is 21.6. The maximum atomic E-state index is 11.9. The van der Waals surface area contributed by atoms with Crippen molar-refractivity contribution in [3.8, 4) is 34.1 Å². The Balaban J connectivity index is 1.84. The molecular formula is C25H23NO5S. The molecule has 4 rings (SSSR count). The van der Waals surface area contributed by atoms with E-state index in [0.717, 1.165) is 16.7 Å². The van der Waals surface area contributed by atoms with Crippen LogP contribution in [0.1, 0.15) is 11.5 Å². The quantitative estimate of drug-likeness (QED) is 0.394. The number of nitrogens with zero attached hydrogens (tertiary/aromatic N) is 1. The second-order valence-corrected chi connectivity index (χ2v) is 9.36. The van der Waals surface area contributed by atoms with Gasteiger partial charge in [-0.25, -0.2) is 13.4 Å². The van der Waals surface area contributed by atoms with Gasteiger partial charge in [-0.05, 0) is 29.8 Å². The molecule has 1 aromatic heterocycles. The zero-order chi connectivity index (χ0) is 22.7. The van der Waals surface area contributed by atoms with Gasteiger partial charge in [-0.2, -0.15) is 0 Å². The molecule has 0 aliphatic rings. The van der Waals surface area contributed by atoms with Crippen LogP contribution in [0.25, 0.3) is 22.6 Å². The Kier molecular flexibility index (Phi) is 6.01. The lowest BCUT2D eigenvalue weighted by Gasteiger charge is -2.08. The Bertz CT molecular complexity index is 1300. The molecule has 4 aromatic rings. The van der Waals surface area contributed by atoms with Gasteiger partial charge in [-0.1, -0.05) is 42.5 Å². The van der Waals surface area contributed by atoms with Gasteiger partial charge in [-0.15, -0.1) is 0 Å². The molecule has 0 radical (unpaired) electrons. The molecule has 32 heavy (non-hydrogen) atoms. The summed E-state index contributed by atoms with van der Waals surface area (Å²) in [6.45, 7) is 0. The molecule has 0 N–H and O–H groups in total. The fraction of sp³-hybridized carbons (Fsp3) is 0.160. The first-order chi connectivity index (χ1) is 15.4. The number of hydrogen-bond acceptors (Lipinski definition) is 6. The standard InChI is InChI=1S/C25H23NO5S/c1-29-20-14-19(15-21(16-20)30-2)25-24(18-9-11-22(12-10-18)32(3,27)28)26-23(31-25)13-17-7-5-4-6-8-17/h4-12,14-16H,13H2,1-3H3. The minimum atomic E-state index is -3.29. The molecule has 164 valence electrons. The Morgan fingerprint density at radius 3 is 2.03 bits per heavy atom. The van der Waals surface area contributed by atoms with Gasteiger partial charge in [0, 0.05) is 29.9 Å². The first-order valence-corrected chi connectivity index (χ1v) is 11.8. The number of aromatic nitrogens is 1. The third-order valence-corrected chi connectivity index (χ3v) is 6.17. The van der Waals surface area contributed by atoms with Crippen molar-refractivity contribution < 1.29 is 22.3 Å². The van der Waals surface area contributed by atoms with Crippen molar-refractivity contribution in [1.82, 2.24) is 4.98 Å². The second kappa shape index (κ2) is 8.88. The number of rotatable bonds is 7. The summed E-state index contributed by atoms with van der Waals surface area (Å²) in [5.41, 5.74) is 3.18. The summed E-state index contributed by atoms with van der Waals surface area (Å²) in [5, 5.41) is 0. The SMILES string of the molecule is COc1cc(OC)cc(-c2oc(Cc3ccccc3)nc2-c2ccc(S(C)(=O)=O)cc2)c1. The van der Waals surface area contributed by atoms with Gasteiger partial charge in [0.15, 0.2) is 21.5 Å². The van der Waals surface area contributed by atoms with E-state index in [9.17, 15) is 8.42 Å². The third kappa shape index (κ3) is 4.68. The van der Waals surface area contributed by atoms with E-state index in [1.54, 1.807) is 44.6 Å². The van der Waals surface area contributed by atoms with Crippen molar-refractivity contribution >= 4 is 9.84 Å². The predicted octanol–water partition coefficient (Wildman–Crippen LogP) is 5.02. The lowest BCUT2D eigenvalue weighted by atomic mass is 10.1. The zero-order valence-corrected chi connectivity index (χ0v) is 18.8. The van der Waals surface area contributed by atoms with Crippen molar-refractivity contribution in [2.45, 2.75) is 11.3 Å². The molecular weight excluding hydrogens is 426 g/mol. The number of ether oxygens (including phenoxy) is 2. The Labute approximate surface area is 187 Å². The van der Waals surface area contributed by atoms with E-state index in [-0.39, 0.29) is 4.90 Å². The van der Waals surface area contributed by atoms with Gasteiger partial charge in [-0.3, -0.25) is 0 Å². The van der Waals surface area contributed by atoms with E-state index in [1.807, 2.05) is 42.5 Å². The van der Waals surface area contributed by atoms with E-state index in [0.29, 0.717) is 35.3 Å². The highest BCUT2D eigenvalue weighted by Gasteiger charge is 2.19. The minimum absolute atomic E-state index is 0.249. The van der Waals surface area contributed by atoms with Crippen molar-refractivity contribution in [2.24, 2.45) is 0 Å². The number of sulfone groups is 1. The number of hydrogen-bond donors (Lipinski definition) is 0. The normalized spacial score (nSPS) is 11.3. The lowest BCUT2D eigenvalue weighted by Crippen LogP contribution is -1.96. The van der Waals surface area contributed by atoms with Crippen LogP contribution >= 0.6 is 0 Å². The lowest BCUT2D eigenvalue weighted by molar-refractivity contribution is 0.394. The Morgan fingerprint density at radius 2 is 1.47 bits per heavy atom. The van der Waals surface area contributed by atoms with Crippen LogP contribution in [0.5, 0.6) is 11.5 Å². The average Bonchev–Trinajstić information content (AvgIpc) is 3.22. The van der Waals surface area contributed by atoms with Crippen LogP contribution in [0.2, 0.25) is 0 Å². The largest absolute Gasteiger partial charge is 0.497 e.